The number of benzene rings is 1. The van der Waals surface area contributed by atoms with Gasteiger partial charge in [-0.15, -0.1) is 0 Å². The number of nitrogens with one attached hydrogen (secondary N) is 1. The first kappa shape index (κ1) is 20.7. The first-order valence-electron chi connectivity index (χ1n) is 11.5. The van der Waals surface area contributed by atoms with Crippen LogP contribution in [0.15, 0.2) is 30.3 Å². The first-order valence-corrected chi connectivity index (χ1v) is 11.5. The Morgan fingerprint density at radius 1 is 1.00 bits per heavy atom. The number of hydrogen-bond acceptors (Lipinski definition) is 4. The van der Waals surface area contributed by atoms with E-state index in [1.165, 1.54) is 0 Å². The molecule has 1 N–H and O–H groups in total. The van der Waals surface area contributed by atoms with Crippen LogP contribution in [-0.4, -0.2) is 56.9 Å². The number of carbonyl (C=O) groups excluding carboxylic acids is 3. The van der Waals surface area contributed by atoms with E-state index in [2.05, 4.69) is 10.4 Å². The molecule has 5 rings (SSSR count). The molecule has 3 heterocycles. The molecule has 1 aromatic heterocycles. The van der Waals surface area contributed by atoms with Crippen LogP contribution in [0.5, 0.6) is 0 Å². The molecule has 0 spiro atoms. The van der Waals surface area contributed by atoms with Crippen molar-refractivity contribution in [2.75, 3.05) is 25.0 Å². The number of aromatic nitrogens is 2. The summed E-state index contributed by atoms with van der Waals surface area (Å²) in [6.07, 6.45) is 4.20. The van der Waals surface area contributed by atoms with E-state index < -0.39 is 0 Å². The van der Waals surface area contributed by atoms with Crippen LogP contribution in [-0.2, 0) is 29.6 Å². The Morgan fingerprint density at radius 2 is 1.78 bits per heavy atom. The lowest BCUT2D eigenvalue weighted by atomic mass is 9.96. The molecule has 8 heteroatoms. The van der Waals surface area contributed by atoms with Crippen LogP contribution in [0.1, 0.15) is 47.4 Å². The molecule has 1 aliphatic carbocycles. The smallest absolute Gasteiger partial charge is 0.274 e. The van der Waals surface area contributed by atoms with Crippen molar-refractivity contribution < 1.29 is 14.4 Å². The summed E-state index contributed by atoms with van der Waals surface area (Å²) in [5.74, 6) is -0.0787. The minimum Gasteiger partial charge on any atom is -0.338 e. The standard InChI is InChI=1S/C24H29N5O3/c1-27-20-11-13-29(23(31)16-9-10-16)15-19(20)21(26-27)24(32)28-12-5-6-17(14-28)22(30)25-18-7-3-2-4-8-18/h2-4,7-8,16-17H,5-6,9-15H2,1H3,(H,25,30). The number of rotatable bonds is 4. The van der Waals surface area contributed by atoms with Crippen LogP contribution < -0.4 is 5.32 Å². The van der Waals surface area contributed by atoms with Gasteiger partial charge in [-0.1, -0.05) is 18.2 Å². The normalized spacial score (nSPS) is 20.6. The van der Waals surface area contributed by atoms with Crippen molar-refractivity contribution >= 4 is 23.4 Å². The Kier molecular flexibility index (Phi) is 5.45. The molecule has 2 aliphatic heterocycles. The number of nitrogens with zero attached hydrogens (tertiary/aromatic N) is 4. The number of aryl methyl sites for hydroxylation is 1. The number of fused-ring (bicyclic) bond motifs is 1. The monoisotopic (exact) mass is 435 g/mol. The van der Waals surface area contributed by atoms with E-state index in [9.17, 15) is 14.4 Å². The van der Waals surface area contributed by atoms with Gasteiger partial charge in [-0.05, 0) is 37.8 Å². The zero-order chi connectivity index (χ0) is 22.2. The third-order valence-electron chi connectivity index (χ3n) is 6.80. The number of hydrogen-bond donors (Lipinski definition) is 1. The molecule has 0 bridgehead atoms. The summed E-state index contributed by atoms with van der Waals surface area (Å²) >= 11 is 0. The van der Waals surface area contributed by atoms with Gasteiger partial charge < -0.3 is 15.1 Å². The molecule has 0 radical (unpaired) electrons. The number of amides is 3. The van der Waals surface area contributed by atoms with E-state index in [1.807, 2.05) is 42.3 Å². The molecule has 3 amide bonds. The maximum Gasteiger partial charge on any atom is 0.274 e. The minimum atomic E-state index is -0.250. The SMILES string of the molecule is Cn1nc(C(=O)N2CCCC(C(=O)Nc3ccccc3)C2)c2c1CCN(C(=O)C1CC1)C2. The Morgan fingerprint density at radius 3 is 2.53 bits per heavy atom. The van der Waals surface area contributed by atoms with Crippen molar-refractivity contribution in [1.29, 1.82) is 0 Å². The van der Waals surface area contributed by atoms with Crippen LogP contribution in [0.25, 0.3) is 0 Å². The van der Waals surface area contributed by atoms with E-state index in [-0.39, 0.29) is 29.6 Å². The summed E-state index contributed by atoms with van der Waals surface area (Å²) in [6, 6.07) is 9.39. The van der Waals surface area contributed by atoms with Crippen molar-refractivity contribution in [3.63, 3.8) is 0 Å². The molecule has 1 saturated heterocycles. The van der Waals surface area contributed by atoms with Gasteiger partial charge in [0, 0.05) is 62.5 Å². The van der Waals surface area contributed by atoms with Gasteiger partial charge in [0.2, 0.25) is 11.8 Å². The topological polar surface area (TPSA) is 87.5 Å². The van der Waals surface area contributed by atoms with Gasteiger partial charge in [0.15, 0.2) is 5.69 Å². The fourth-order valence-electron chi connectivity index (χ4n) is 4.83. The van der Waals surface area contributed by atoms with Gasteiger partial charge in [-0.2, -0.15) is 5.10 Å². The molecule has 1 atom stereocenters. The van der Waals surface area contributed by atoms with Crippen molar-refractivity contribution in [2.45, 2.75) is 38.6 Å². The molecule has 8 nitrogen and oxygen atoms in total. The summed E-state index contributed by atoms with van der Waals surface area (Å²) in [5, 5.41) is 7.51. The highest BCUT2D eigenvalue weighted by Gasteiger charge is 2.38. The van der Waals surface area contributed by atoms with E-state index >= 15 is 0 Å². The minimum absolute atomic E-state index is 0.0574. The summed E-state index contributed by atoms with van der Waals surface area (Å²) in [7, 11) is 1.86. The second-order valence-corrected chi connectivity index (χ2v) is 9.13. The summed E-state index contributed by atoms with van der Waals surface area (Å²) in [6.45, 7) is 2.13. The van der Waals surface area contributed by atoms with Crippen LogP contribution >= 0.6 is 0 Å². The number of piperidine rings is 1. The lowest BCUT2D eigenvalue weighted by Gasteiger charge is -2.32. The first-order chi connectivity index (χ1) is 15.5. The summed E-state index contributed by atoms with van der Waals surface area (Å²) in [4.78, 5) is 42.5. The Hall–Kier alpha value is -3.16. The predicted molar refractivity (Wildman–Crippen MR) is 119 cm³/mol. The van der Waals surface area contributed by atoms with Gasteiger partial charge in [0.05, 0.1) is 5.92 Å². The zero-order valence-corrected chi connectivity index (χ0v) is 18.4. The van der Waals surface area contributed by atoms with Gasteiger partial charge in [0.25, 0.3) is 5.91 Å². The molecular weight excluding hydrogens is 406 g/mol. The van der Waals surface area contributed by atoms with E-state index in [0.717, 1.165) is 42.6 Å². The van der Waals surface area contributed by atoms with Crippen LogP contribution in [0, 0.1) is 11.8 Å². The molecular formula is C24H29N5O3. The Balaban J connectivity index is 1.30. The molecule has 3 aliphatic rings. The van der Waals surface area contributed by atoms with E-state index in [0.29, 0.717) is 38.3 Å². The van der Waals surface area contributed by atoms with Gasteiger partial charge >= 0.3 is 0 Å². The summed E-state index contributed by atoms with van der Waals surface area (Å²) < 4.78 is 1.78. The average Bonchev–Trinajstić information content (AvgIpc) is 3.62. The van der Waals surface area contributed by atoms with Crippen molar-refractivity contribution in [3.05, 3.63) is 47.3 Å². The van der Waals surface area contributed by atoms with Crippen LogP contribution in [0.4, 0.5) is 5.69 Å². The zero-order valence-electron chi connectivity index (χ0n) is 18.4. The molecule has 2 fully saturated rings. The van der Waals surface area contributed by atoms with Crippen molar-refractivity contribution in [3.8, 4) is 0 Å². The molecule has 2 aromatic rings. The van der Waals surface area contributed by atoms with Gasteiger partial charge in [-0.25, -0.2) is 0 Å². The maximum absolute atomic E-state index is 13.4. The largest absolute Gasteiger partial charge is 0.338 e. The maximum atomic E-state index is 13.4. The van der Waals surface area contributed by atoms with E-state index in [1.54, 1.807) is 9.58 Å². The highest BCUT2D eigenvalue weighted by atomic mass is 16.2. The molecule has 1 unspecified atom stereocenters. The Bertz CT molecular complexity index is 1040. The second-order valence-electron chi connectivity index (χ2n) is 9.13. The second kappa shape index (κ2) is 8.41. The molecule has 1 saturated carbocycles. The number of carbonyl (C=O) groups is 3. The fourth-order valence-corrected chi connectivity index (χ4v) is 4.83. The number of para-hydroxylation sites is 1. The molecule has 168 valence electrons. The predicted octanol–water partition coefficient (Wildman–Crippen LogP) is 2.21. The lowest BCUT2D eigenvalue weighted by Crippen LogP contribution is -2.44. The third kappa shape index (κ3) is 4.01. The van der Waals surface area contributed by atoms with Crippen molar-refractivity contribution in [1.82, 2.24) is 19.6 Å². The highest BCUT2D eigenvalue weighted by Crippen LogP contribution is 2.33. The molecule has 1 aromatic carbocycles. The number of anilines is 1. The van der Waals surface area contributed by atoms with Gasteiger partial charge in [0.1, 0.15) is 0 Å². The lowest BCUT2D eigenvalue weighted by molar-refractivity contribution is -0.133. The Labute approximate surface area is 187 Å². The highest BCUT2D eigenvalue weighted by molar-refractivity contribution is 5.96. The van der Waals surface area contributed by atoms with Crippen LogP contribution in [0.3, 0.4) is 0 Å². The number of likely N-dealkylation sites (tertiary alicyclic amines) is 1. The van der Waals surface area contributed by atoms with Crippen molar-refractivity contribution in [2.24, 2.45) is 18.9 Å². The van der Waals surface area contributed by atoms with E-state index in [4.69, 9.17) is 0 Å². The molecule has 32 heavy (non-hydrogen) atoms. The summed E-state index contributed by atoms with van der Waals surface area (Å²) in [5.41, 5.74) is 3.09. The van der Waals surface area contributed by atoms with Crippen LogP contribution in [0.2, 0.25) is 0 Å². The van der Waals surface area contributed by atoms with Gasteiger partial charge in [-0.3, -0.25) is 19.1 Å². The third-order valence-corrected chi connectivity index (χ3v) is 6.80. The fraction of sp³-hybridized carbons (Fsp3) is 0.500. The quantitative estimate of drug-likeness (QED) is 0.798. The average molecular weight is 436 g/mol.